The lowest BCUT2D eigenvalue weighted by molar-refractivity contribution is -0.121. The van der Waals surface area contributed by atoms with Crippen LogP contribution in [-0.2, 0) is 17.9 Å². The fourth-order valence-electron chi connectivity index (χ4n) is 3.36. The van der Waals surface area contributed by atoms with E-state index in [2.05, 4.69) is 10.3 Å². The van der Waals surface area contributed by atoms with Crippen LogP contribution in [0.4, 0.5) is 0 Å². The van der Waals surface area contributed by atoms with Crippen LogP contribution in [0.5, 0.6) is 5.75 Å². The molecule has 2 aromatic heterocycles. The van der Waals surface area contributed by atoms with Gasteiger partial charge in [0, 0.05) is 17.3 Å². The summed E-state index contributed by atoms with van der Waals surface area (Å²) in [5.74, 6) is 0.0829. The minimum Gasteiger partial charge on any atom is -0.497 e. The predicted octanol–water partition coefficient (Wildman–Crippen LogP) is 2.53. The summed E-state index contributed by atoms with van der Waals surface area (Å²) in [5.41, 5.74) is 0.118. The van der Waals surface area contributed by atoms with Crippen LogP contribution in [-0.4, -0.2) is 27.1 Å². The number of methoxy groups -OCH3 is 1. The number of halogens is 1. The number of rotatable bonds is 6. The largest absolute Gasteiger partial charge is 0.497 e. The van der Waals surface area contributed by atoms with Crippen molar-refractivity contribution >= 4 is 28.4 Å². The Morgan fingerprint density at radius 3 is 2.69 bits per heavy atom. The predicted molar refractivity (Wildman–Crippen MR) is 121 cm³/mol. The van der Waals surface area contributed by atoms with E-state index in [1.165, 1.54) is 17.7 Å². The van der Waals surface area contributed by atoms with Gasteiger partial charge < -0.3 is 10.1 Å². The molecule has 0 aliphatic carbocycles. The number of hydrogen-bond acceptors (Lipinski definition) is 5. The molecule has 4 aromatic rings. The van der Waals surface area contributed by atoms with Crippen molar-refractivity contribution in [2.45, 2.75) is 13.1 Å². The lowest BCUT2D eigenvalue weighted by Gasteiger charge is -2.15. The smallest absolute Gasteiger partial charge is 0.336 e. The van der Waals surface area contributed by atoms with E-state index >= 15 is 0 Å². The molecule has 32 heavy (non-hydrogen) atoms. The molecule has 162 valence electrons. The number of ether oxygens (including phenoxy) is 1. The molecule has 0 aliphatic heterocycles. The highest BCUT2D eigenvalue weighted by Crippen LogP contribution is 2.18. The molecule has 4 rings (SSSR count). The first-order chi connectivity index (χ1) is 15.5. The van der Waals surface area contributed by atoms with Crippen molar-refractivity contribution in [1.82, 2.24) is 19.4 Å². The molecular formula is C23H19ClN4O4. The summed E-state index contributed by atoms with van der Waals surface area (Å²) >= 11 is 6.12. The van der Waals surface area contributed by atoms with Crippen LogP contribution in [0.2, 0.25) is 5.02 Å². The van der Waals surface area contributed by atoms with Gasteiger partial charge >= 0.3 is 5.69 Å². The summed E-state index contributed by atoms with van der Waals surface area (Å²) in [6.07, 6.45) is 1.63. The van der Waals surface area contributed by atoms with Crippen molar-refractivity contribution in [2.75, 3.05) is 7.11 Å². The third-order valence-corrected chi connectivity index (χ3v) is 5.15. The second-order valence-corrected chi connectivity index (χ2v) is 7.41. The van der Waals surface area contributed by atoms with E-state index in [9.17, 15) is 14.4 Å². The first kappa shape index (κ1) is 21.3. The summed E-state index contributed by atoms with van der Waals surface area (Å²) in [6.45, 7) is -0.0879. The van der Waals surface area contributed by atoms with Gasteiger partial charge in [-0.1, -0.05) is 23.7 Å². The number of aromatic nitrogens is 3. The maximum Gasteiger partial charge on any atom is 0.336 e. The van der Waals surface area contributed by atoms with Crippen LogP contribution in [0, 0.1) is 0 Å². The van der Waals surface area contributed by atoms with Gasteiger partial charge in [0.15, 0.2) is 0 Å². The Morgan fingerprint density at radius 2 is 1.94 bits per heavy atom. The third kappa shape index (κ3) is 4.26. The molecule has 0 saturated heterocycles. The Morgan fingerprint density at radius 1 is 1.09 bits per heavy atom. The number of hydrogen-bond donors (Lipinski definition) is 1. The molecule has 1 N–H and O–H groups in total. The van der Waals surface area contributed by atoms with Crippen molar-refractivity contribution in [3.05, 3.63) is 98.4 Å². The minimum atomic E-state index is -0.661. The van der Waals surface area contributed by atoms with Crippen LogP contribution in [0.25, 0.3) is 16.6 Å². The highest BCUT2D eigenvalue weighted by molar-refractivity contribution is 6.31. The number of carbonyl (C=O) groups is 1. The van der Waals surface area contributed by atoms with Crippen molar-refractivity contribution in [1.29, 1.82) is 0 Å². The average Bonchev–Trinajstić information content (AvgIpc) is 2.81. The highest BCUT2D eigenvalue weighted by atomic mass is 35.5. The number of pyridine rings is 1. The van der Waals surface area contributed by atoms with Crippen molar-refractivity contribution in [2.24, 2.45) is 0 Å². The van der Waals surface area contributed by atoms with Crippen molar-refractivity contribution < 1.29 is 9.53 Å². The molecule has 0 fully saturated rings. The van der Waals surface area contributed by atoms with Gasteiger partial charge in [0.05, 0.1) is 35.9 Å². The molecule has 2 aromatic carbocycles. The standard InChI is InChI=1S/C23H19ClN4O4/c1-32-18-7-4-6-17(12-18)28-22(30)19-9-8-15(24)11-20(19)27(23(28)31)14-21(29)26-13-16-5-2-3-10-25-16/h2-12H,13-14H2,1H3,(H,26,29). The van der Waals surface area contributed by atoms with Crippen LogP contribution in [0.15, 0.2) is 76.4 Å². The lowest BCUT2D eigenvalue weighted by Crippen LogP contribution is -2.41. The quantitative estimate of drug-likeness (QED) is 0.487. The van der Waals surface area contributed by atoms with Gasteiger partial charge in [-0.25, -0.2) is 9.36 Å². The zero-order valence-corrected chi connectivity index (χ0v) is 17.9. The molecular weight excluding hydrogens is 432 g/mol. The summed E-state index contributed by atoms with van der Waals surface area (Å²) in [7, 11) is 1.49. The van der Waals surface area contributed by atoms with Gasteiger partial charge in [-0.15, -0.1) is 0 Å². The molecule has 0 atom stereocenters. The number of amides is 1. The Hall–Kier alpha value is -3.91. The first-order valence-electron chi connectivity index (χ1n) is 9.74. The zero-order valence-electron chi connectivity index (χ0n) is 17.1. The van der Waals surface area contributed by atoms with Crippen LogP contribution in [0.1, 0.15) is 5.69 Å². The van der Waals surface area contributed by atoms with Gasteiger partial charge in [-0.2, -0.15) is 0 Å². The Kier molecular flexibility index (Phi) is 6.04. The monoisotopic (exact) mass is 450 g/mol. The zero-order chi connectivity index (χ0) is 22.7. The second kappa shape index (κ2) is 9.07. The normalized spacial score (nSPS) is 10.8. The maximum atomic E-state index is 13.4. The minimum absolute atomic E-state index is 0.211. The summed E-state index contributed by atoms with van der Waals surface area (Å²) in [4.78, 5) is 43.4. The SMILES string of the molecule is COc1cccc(-n2c(=O)c3ccc(Cl)cc3n(CC(=O)NCc3ccccn3)c2=O)c1. The molecule has 0 aliphatic rings. The van der Waals surface area contributed by atoms with E-state index in [0.717, 1.165) is 4.57 Å². The van der Waals surface area contributed by atoms with Crippen molar-refractivity contribution in [3.8, 4) is 11.4 Å². The summed E-state index contributed by atoms with van der Waals surface area (Å²) < 4.78 is 7.47. The number of carbonyl (C=O) groups excluding carboxylic acids is 1. The topological polar surface area (TPSA) is 95.2 Å². The molecule has 0 unspecified atom stereocenters. The summed E-state index contributed by atoms with van der Waals surface area (Å²) in [5, 5.41) is 3.35. The summed E-state index contributed by atoms with van der Waals surface area (Å²) in [6, 6.07) is 16.6. The number of nitrogens with one attached hydrogen (secondary N) is 1. The van der Waals surface area contributed by atoms with Gasteiger partial charge in [0.2, 0.25) is 5.91 Å². The Labute approximate surface area is 187 Å². The van der Waals surface area contributed by atoms with Crippen LogP contribution < -0.4 is 21.3 Å². The molecule has 0 bridgehead atoms. The van der Waals surface area contributed by atoms with E-state index in [1.54, 1.807) is 54.7 Å². The Balaban J connectivity index is 1.80. The molecule has 0 radical (unpaired) electrons. The fraction of sp³-hybridized carbons (Fsp3) is 0.130. The van der Waals surface area contributed by atoms with Crippen LogP contribution in [0.3, 0.4) is 0 Å². The molecule has 0 spiro atoms. The second-order valence-electron chi connectivity index (χ2n) is 6.97. The first-order valence-corrected chi connectivity index (χ1v) is 10.1. The van der Waals surface area contributed by atoms with Gasteiger partial charge in [0.1, 0.15) is 12.3 Å². The number of benzene rings is 2. The number of fused-ring (bicyclic) bond motifs is 1. The third-order valence-electron chi connectivity index (χ3n) is 4.91. The lowest BCUT2D eigenvalue weighted by atomic mass is 10.2. The van der Waals surface area contributed by atoms with Crippen LogP contribution >= 0.6 is 11.6 Å². The van der Waals surface area contributed by atoms with Gasteiger partial charge in [0.25, 0.3) is 5.56 Å². The molecule has 9 heteroatoms. The van der Waals surface area contributed by atoms with E-state index in [1.807, 2.05) is 6.07 Å². The van der Waals surface area contributed by atoms with E-state index in [-0.39, 0.29) is 24.0 Å². The van der Waals surface area contributed by atoms with E-state index in [0.29, 0.717) is 22.2 Å². The van der Waals surface area contributed by atoms with Gasteiger partial charge in [-0.05, 0) is 42.5 Å². The van der Waals surface area contributed by atoms with Gasteiger partial charge in [-0.3, -0.25) is 19.1 Å². The number of nitrogens with zero attached hydrogens (tertiary/aromatic N) is 3. The van der Waals surface area contributed by atoms with E-state index < -0.39 is 17.2 Å². The molecule has 0 saturated carbocycles. The molecule has 8 nitrogen and oxygen atoms in total. The van der Waals surface area contributed by atoms with Crippen molar-refractivity contribution in [3.63, 3.8) is 0 Å². The molecule has 2 heterocycles. The highest BCUT2D eigenvalue weighted by Gasteiger charge is 2.17. The maximum absolute atomic E-state index is 13.4. The Bertz CT molecular complexity index is 1410. The van der Waals surface area contributed by atoms with E-state index in [4.69, 9.17) is 16.3 Å². The average molecular weight is 451 g/mol. The molecule has 1 amide bonds. The fourth-order valence-corrected chi connectivity index (χ4v) is 3.53.